The molecule has 20 rings (SSSR count). The zero-order valence-corrected chi connectivity index (χ0v) is 58.3. The van der Waals surface area contributed by atoms with E-state index in [1.807, 2.05) is 146 Å². The summed E-state index contributed by atoms with van der Waals surface area (Å²) in [6.07, 6.45) is 0. The van der Waals surface area contributed by atoms with Crippen LogP contribution >= 0.6 is 0 Å². The van der Waals surface area contributed by atoms with E-state index in [1.165, 1.54) is 0 Å². The van der Waals surface area contributed by atoms with E-state index in [2.05, 4.69) is 252 Å². The monoisotopic (exact) mass is 1380 g/mol. The summed E-state index contributed by atoms with van der Waals surface area (Å²) in [4.78, 5) is 34.6. The minimum Gasteiger partial charge on any atom is -0.455 e. The minimum atomic E-state index is 0.616. The molecule has 10 heteroatoms. The summed E-state index contributed by atoms with van der Waals surface area (Å²) in [5.74, 6) is 3.76. The molecule has 508 valence electrons. The number of rotatable bonds is 14. The number of aromatic nitrogens is 6. The van der Waals surface area contributed by atoms with Crippen molar-refractivity contribution in [3.05, 3.63) is 388 Å². The lowest BCUT2D eigenvalue weighted by Gasteiger charge is -2.25. The zero-order chi connectivity index (χ0) is 71.7. The molecule has 0 aliphatic rings. The van der Waals surface area contributed by atoms with E-state index in [-0.39, 0.29) is 0 Å². The number of furan rings is 2. The third-order valence-corrected chi connectivity index (χ3v) is 19.8. The first-order valence-electron chi connectivity index (χ1n) is 36.1. The normalized spacial score (nSPS) is 11.3. The largest absolute Gasteiger partial charge is 0.455 e. The second kappa shape index (κ2) is 28.1. The number of fused-ring (bicyclic) bond motifs is 10. The van der Waals surface area contributed by atoms with Gasteiger partial charge < -0.3 is 18.6 Å². The van der Waals surface area contributed by atoms with Crippen LogP contribution in [0, 0.1) is 0 Å². The van der Waals surface area contributed by atoms with Gasteiger partial charge in [-0.05, 0) is 136 Å². The van der Waals surface area contributed by atoms with Crippen molar-refractivity contribution in [2.75, 3.05) is 9.80 Å². The third-order valence-electron chi connectivity index (χ3n) is 19.8. The van der Waals surface area contributed by atoms with E-state index in [1.54, 1.807) is 0 Å². The molecule has 0 aliphatic heterocycles. The molecule has 4 heterocycles. The third kappa shape index (κ3) is 12.4. The van der Waals surface area contributed by atoms with Gasteiger partial charge in [-0.25, -0.2) is 29.9 Å². The SMILES string of the molecule is c1ccc(-c2nc(-c3ccccc3)nc(-c3cc4c5ccc(-c6cccc(N(c7ccccc7)c7ccccc7)c6)cc5oc4c4ccccc34)n2)cc1.c1ccc(-c2nc(-c3ccccc3)nc(-c3cccc(-c4cc5ccccc5c5oc6cc(N(c7ccccc7)c7ccccc7)ccc6c45)c3)n2)cc1. The first-order chi connectivity index (χ1) is 53.5. The highest BCUT2D eigenvalue weighted by molar-refractivity contribution is 6.22. The van der Waals surface area contributed by atoms with E-state index < -0.39 is 0 Å². The van der Waals surface area contributed by atoms with Gasteiger partial charge in [0.2, 0.25) is 0 Å². The van der Waals surface area contributed by atoms with Crippen LogP contribution in [0.5, 0.6) is 0 Å². The quantitative estimate of drug-likeness (QED) is 0.104. The van der Waals surface area contributed by atoms with Gasteiger partial charge >= 0.3 is 0 Å². The van der Waals surface area contributed by atoms with Crippen molar-refractivity contribution in [3.8, 4) is 90.6 Å². The average Bonchev–Trinajstić information content (AvgIpc) is 1.56. The predicted molar refractivity (Wildman–Crippen MR) is 442 cm³/mol. The van der Waals surface area contributed by atoms with Crippen LogP contribution in [0.2, 0.25) is 0 Å². The highest BCUT2D eigenvalue weighted by Gasteiger charge is 2.24. The molecule has 0 N–H and O–H groups in total. The summed E-state index contributed by atoms with van der Waals surface area (Å²) in [5.41, 5.74) is 19.7. The van der Waals surface area contributed by atoms with E-state index in [4.69, 9.17) is 38.7 Å². The van der Waals surface area contributed by atoms with Crippen LogP contribution in [0.4, 0.5) is 34.1 Å². The first-order valence-corrected chi connectivity index (χ1v) is 36.1. The summed E-state index contributed by atoms with van der Waals surface area (Å²) in [5, 5.41) is 8.39. The Labute approximate surface area is 623 Å². The number of anilines is 6. The van der Waals surface area contributed by atoms with E-state index >= 15 is 0 Å². The van der Waals surface area contributed by atoms with Crippen LogP contribution in [-0.2, 0) is 0 Å². The van der Waals surface area contributed by atoms with Gasteiger partial charge in [0.1, 0.15) is 22.3 Å². The molecular weight excluding hydrogens is 1320 g/mol. The molecule has 0 unspecified atom stereocenters. The fraction of sp³-hybridized carbons (Fsp3) is 0. The average molecular weight is 1390 g/mol. The summed E-state index contributed by atoms with van der Waals surface area (Å²) >= 11 is 0. The summed E-state index contributed by atoms with van der Waals surface area (Å²) in [6.45, 7) is 0. The molecule has 4 aromatic heterocycles. The summed E-state index contributed by atoms with van der Waals surface area (Å²) in [6, 6.07) is 134. The Kier molecular flexibility index (Phi) is 16.7. The Morgan fingerprint density at radius 2 is 0.556 bits per heavy atom. The predicted octanol–water partition coefficient (Wildman–Crippen LogP) is 26.1. The van der Waals surface area contributed by atoms with Crippen LogP contribution < -0.4 is 9.80 Å². The maximum atomic E-state index is 6.88. The van der Waals surface area contributed by atoms with Crippen molar-refractivity contribution in [3.63, 3.8) is 0 Å². The number of hydrogen-bond donors (Lipinski definition) is 0. The van der Waals surface area contributed by atoms with Crippen molar-refractivity contribution in [1.82, 2.24) is 29.9 Å². The highest BCUT2D eigenvalue weighted by atomic mass is 16.3. The molecule has 10 nitrogen and oxygen atoms in total. The molecule has 0 bridgehead atoms. The molecule has 108 heavy (non-hydrogen) atoms. The molecule has 0 aliphatic carbocycles. The van der Waals surface area contributed by atoms with Crippen LogP contribution in [0.25, 0.3) is 156 Å². The van der Waals surface area contributed by atoms with Gasteiger partial charge in [0, 0.05) is 106 Å². The first kappa shape index (κ1) is 64.1. The lowest BCUT2D eigenvalue weighted by molar-refractivity contribution is 0.672. The molecule has 0 fully saturated rings. The van der Waals surface area contributed by atoms with Crippen molar-refractivity contribution >= 4 is 99.5 Å². The van der Waals surface area contributed by atoms with E-state index in [9.17, 15) is 0 Å². The van der Waals surface area contributed by atoms with Crippen molar-refractivity contribution in [1.29, 1.82) is 0 Å². The number of para-hydroxylation sites is 4. The molecule has 0 amide bonds. The van der Waals surface area contributed by atoms with Crippen LogP contribution in [0.15, 0.2) is 397 Å². The van der Waals surface area contributed by atoms with Gasteiger partial charge in [0.25, 0.3) is 0 Å². The van der Waals surface area contributed by atoms with Gasteiger partial charge in [-0.15, -0.1) is 0 Å². The molecule has 0 radical (unpaired) electrons. The van der Waals surface area contributed by atoms with Crippen molar-refractivity contribution in [2.45, 2.75) is 0 Å². The topological polar surface area (TPSA) is 110 Å². The smallest absolute Gasteiger partial charge is 0.164 e. The Morgan fingerprint density at radius 3 is 1.08 bits per heavy atom. The Hall–Kier alpha value is -14.7. The maximum Gasteiger partial charge on any atom is 0.164 e. The standard InChI is InChI=1S/2C49H32N4O/c1-5-16-33(17-6-1)47-50-48(34-18-7-2-8-19-34)52-49(51-47)44-32-43-41-29-28-36(31-45(41)54-46(43)42-27-14-13-26-40(42)44)35-20-15-25-39(30-35)53(37-21-9-3-10-22-37)38-23-11-4-12-24-38;1-5-16-33(17-6-1)47-50-48(34-18-7-2-8-19-34)52-49(51-47)37-22-15-21-35(30-37)43-31-36-20-13-14-27-41(36)46-45(43)42-29-28-40(32-44(42)54-46)53(38-23-9-3-10-24-38)39-25-11-4-12-26-39/h2*1-32H. The molecular formula is C98H64N8O2. The fourth-order valence-corrected chi connectivity index (χ4v) is 14.6. The van der Waals surface area contributed by atoms with Gasteiger partial charge in [-0.3, -0.25) is 0 Å². The van der Waals surface area contributed by atoms with Crippen LogP contribution in [0.1, 0.15) is 0 Å². The van der Waals surface area contributed by atoms with Gasteiger partial charge in [-0.1, -0.05) is 279 Å². The van der Waals surface area contributed by atoms with Crippen LogP contribution in [0.3, 0.4) is 0 Å². The molecule has 0 atom stereocenters. The fourth-order valence-electron chi connectivity index (χ4n) is 14.6. The lowest BCUT2D eigenvalue weighted by atomic mass is 9.94. The minimum absolute atomic E-state index is 0.616. The van der Waals surface area contributed by atoms with Gasteiger partial charge in [0.05, 0.1) is 0 Å². The second-order valence-electron chi connectivity index (χ2n) is 26.5. The summed E-state index contributed by atoms with van der Waals surface area (Å²) in [7, 11) is 0. The number of hydrogen-bond acceptors (Lipinski definition) is 10. The Balaban J connectivity index is 0.000000147. The molecule has 0 spiro atoms. The van der Waals surface area contributed by atoms with Crippen molar-refractivity contribution < 1.29 is 8.83 Å². The van der Waals surface area contributed by atoms with Crippen molar-refractivity contribution in [2.24, 2.45) is 0 Å². The molecule has 0 saturated carbocycles. The Morgan fingerprint density at radius 1 is 0.185 bits per heavy atom. The second-order valence-corrected chi connectivity index (χ2v) is 26.5. The molecule has 0 saturated heterocycles. The highest BCUT2D eigenvalue weighted by Crippen LogP contribution is 2.47. The maximum absolute atomic E-state index is 6.88. The zero-order valence-electron chi connectivity index (χ0n) is 58.3. The van der Waals surface area contributed by atoms with Crippen LogP contribution in [-0.4, -0.2) is 29.9 Å². The van der Waals surface area contributed by atoms with E-state index in [0.29, 0.717) is 34.9 Å². The van der Waals surface area contributed by atoms with Gasteiger partial charge in [-0.2, -0.15) is 0 Å². The van der Waals surface area contributed by atoms with E-state index in [0.717, 1.165) is 155 Å². The Bertz CT molecular complexity index is 6470. The molecule has 20 aromatic rings. The number of nitrogens with zero attached hydrogens (tertiary/aromatic N) is 8. The number of benzene rings is 16. The van der Waals surface area contributed by atoms with Gasteiger partial charge in [0.15, 0.2) is 34.9 Å². The summed E-state index contributed by atoms with van der Waals surface area (Å²) < 4.78 is 13.6. The lowest BCUT2D eigenvalue weighted by Crippen LogP contribution is -2.09. The molecule has 16 aromatic carbocycles.